The van der Waals surface area contributed by atoms with Crippen molar-refractivity contribution in [3.63, 3.8) is 0 Å². The maximum absolute atomic E-state index is 12.9. The lowest BCUT2D eigenvalue weighted by molar-refractivity contribution is 0.297. The number of hydrogen-bond donors (Lipinski definition) is 0. The normalized spacial score (nSPS) is 30.8. The lowest BCUT2D eigenvalue weighted by atomic mass is 10.1. The minimum absolute atomic E-state index is 0.258. The van der Waals surface area contributed by atoms with Gasteiger partial charge in [0.1, 0.15) is 0 Å². The first-order chi connectivity index (χ1) is 10.6. The molecule has 0 unspecified atom stereocenters. The van der Waals surface area contributed by atoms with Crippen LogP contribution in [0.15, 0.2) is 11.6 Å². The van der Waals surface area contributed by atoms with E-state index in [0.29, 0.717) is 19.0 Å². The lowest BCUT2D eigenvalue weighted by Crippen LogP contribution is -2.48. The van der Waals surface area contributed by atoms with Crippen molar-refractivity contribution in [1.82, 2.24) is 13.6 Å². The molecule has 122 valence electrons. The number of aromatic nitrogens is 1. The van der Waals surface area contributed by atoms with Gasteiger partial charge in [-0.15, -0.1) is 11.3 Å². The van der Waals surface area contributed by atoms with Crippen LogP contribution in [0.1, 0.15) is 25.7 Å². The number of rotatable bonds is 3. The van der Waals surface area contributed by atoms with Gasteiger partial charge in [-0.25, -0.2) is 4.98 Å². The number of anilines is 1. The van der Waals surface area contributed by atoms with Gasteiger partial charge < -0.3 is 4.90 Å². The predicted molar refractivity (Wildman–Crippen MR) is 87.3 cm³/mol. The molecule has 0 spiro atoms. The van der Waals surface area contributed by atoms with Crippen LogP contribution in [0.5, 0.6) is 0 Å². The fourth-order valence-corrected chi connectivity index (χ4v) is 6.63. The molecule has 22 heavy (non-hydrogen) atoms. The van der Waals surface area contributed by atoms with Crippen molar-refractivity contribution < 1.29 is 8.42 Å². The van der Waals surface area contributed by atoms with Crippen LogP contribution in [-0.2, 0) is 10.2 Å². The third kappa shape index (κ3) is 2.55. The van der Waals surface area contributed by atoms with Gasteiger partial charge in [-0.3, -0.25) is 0 Å². The third-order valence-electron chi connectivity index (χ3n) is 5.13. The largest absolute Gasteiger partial charge is 0.347 e. The van der Waals surface area contributed by atoms with Crippen LogP contribution in [0.3, 0.4) is 0 Å². The molecule has 2 atom stereocenters. The second-order valence-electron chi connectivity index (χ2n) is 6.46. The molecule has 6 nitrogen and oxygen atoms in total. The second kappa shape index (κ2) is 5.74. The minimum Gasteiger partial charge on any atom is -0.347 e. The molecule has 3 aliphatic rings. The summed E-state index contributed by atoms with van der Waals surface area (Å²) in [4.78, 5) is 6.55. The number of hydrogen-bond acceptors (Lipinski definition) is 5. The summed E-state index contributed by atoms with van der Waals surface area (Å²) in [6, 6.07) is 0.258. The summed E-state index contributed by atoms with van der Waals surface area (Å²) in [5, 5.41) is 2.97. The van der Waals surface area contributed by atoms with E-state index in [4.69, 9.17) is 0 Å². The lowest BCUT2D eigenvalue weighted by Gasteiger charge is -2.31. The Bertz CT molecular complexity index is 619. The molecule has 1 aromatic heterocycles. The predicted octanol–water partition coefficient (Wildman–Crippen LogP) is 1.38. The summed E-state index contributed by atoms with van der Waals surface area (Å²) in [6.45, 7) is 3.54. The number of nitrogens with zero attached hydrogens (tertiary/aromatic N) is 4. The molecule has 0 N–H and O–H groups in total. The third-order valence-corrected chi connectivity index (χ3v) is 8.02. The molecule has 3 fully saturated rings. The van der Waals surface area contributed by atoms with Crippen LogP contribution in [-0.4, -0.2) is 60.8 Å². The highest BCUT2D eigenvalue weighted by Crippen LogP contribution is 2.39. The van der Waals surface area contributed by atoms with Gasteiger partial charge in [0, 0.05) is 50.3 Å². The van der Waals surface area contributed by atoms with Crippen LogP contribution >= 0.6 is 11.3 Å². The van der Waals surface area contributed by atoms with Crippen molar-refractivity contribution in [3.05, 3.63) is 11.6 Å². The van der Waals surface area contributed by atoms with E-state index in [1.807, 2.05) is 5.38 Å². The highest BCUT2D eigenvalue weighted by molar-refractivity contribution is 7.86. The Labute approximate surface area is 135 Å². The Balaban J connectivity index is 1.46. The molecule has 3 heterocycles. The highest BCUT2D eigenvalue weighted by Gasteiger charge is 2.45. The summed E-state index contributed by atoms with van der Waals surface area (Å²) < 4.78 is 29.4. The zero-order valence-electron chi connectivity index (χ0n) is 12.6. The summed E-state index contributed by atoms with van der Waals surface area (Å²) >= 11 is 1.62. The van der Waals surface area contributed by atoms with Gasteiger partial charge in [0.2, 0.25) is 0 Å². The van der Waals surface area contributed by atoms with Crippen molar-refractivity contribution in [2.45, 2.75) is 31.7 Å². The van der Waals surface area contributed by atoms with Gasteiger partial charge in [-0.2, -0.15) is 17.0 Å². The van der Waals surface area contributed by atoms with E-state index in [9.17, 15) is 8.42 Å². The van der Waals surface area contributed by atoms with E-state index in [2.05, 4.69) is 9.88 Å². The van der Waals surface area contributed by atoms with E-state index in [0.717, 1.165) is 44.0 Å². The van der Waals surface area contributed by atoms with Crippen LogP contribution in [0.4, 0.5) is 5.13 Å². The monoisotopic (exact) mass is 342 g/mol. The summed E-state index contributed by atoms with van der Waals surface area (Å²) in [5.74, 6) is 0.596. The zero-order chi connectivity index (χ0) is 15.2. The van der Waals surface area contributed by atoms with Gasteiger partial charge in [0.05, 0.1) is 0 Å². The Morgan fingerprint density at radius 2 is 2.09 bits per heavy atom. The molecule has 0 aromatic carbocycles. The summed E-state index contributed by atoms with van der Waals surface area (Å²) in [5.41, 5.74) is 0. The van der Waals surface area contributed by atoms with Crippen molar-refractivity contribution in [2.75, 3.05) is 37.6 Å². The van der Waals surface area contributed by atoms with Crippen LogP contribution < -0.4 is 4.90 Å². The Kier molecular flexibility index (Phi) is 3.88. The fraction of sp³-hybridized carbons (Fsp3) is 0.786. The average molecular weight is 342 g/mol. The first-order valence-corrected chi connectivity index (χ1v) is 10.3. The van der Waals surface area contributed by atoms with E-state index in [1.54, 1.807) is 26.1 Å². The molecule has 0 radical (unpaired) electrons. The molecule has 2 bridgehead atoms. The minimum atomic E-state index is -3.29. The Morgan fingerprint density at radius 1 is 1.18 bits per heavy atom. The molecular weight excluding hydrogens is 320 g/mol. The molecule has 0 amide bonds. The number of fused-ring (bicyclic) bond motifs is 2. The summed E-state index contributed by atoms with van der Waals surface area (Å²) in [7, 11) is -3.29. The van der Waals surface area contributed by atoms with Gasteiger partial charge in [0.15, 0.2) is 5.13 Å². The zero-order valence-corrected chi connectivity index (χ0v) is 14.2. The topological polar surface area (TPSA) is 56.8 Å². The van der Waals surface area contributed by atoms with Crippen molar-refractivity contribution in [3.8, 4) is 0 Å². The SMILES string of the molecule is O=S(=O)(N1CCCN(c2nccs2)CC1)N1C[C@H]2CC[C@H]1C2. The summed E-state index contributed by atoms with van der Waals surface area (Å²) in [6.07, 6.45) is 5.98. The molecule has 1 saturated carbocycles. The van der Waals surface area contributed by atoms with E-state index in [-0.39, 0.29) is 6.04 Å². The highest BCUT2D eigenvalue weighted by atomic mass is 32.2. The first kappa shape index (κ1) is 14.9. The standard InChI is InChI=1S/C14H22N4O2S2/c19-22(20,18-11-12-2-3-13(18)10-12)17-6-1-5-16(7-8-17)14-15-4-9-21-14/h4,9,12-13H,1-3,5-8,10-11H2/t12-,13-/m0/s1. The van der Waals surface area contributed by atoms with Crippen molar-refractivity contribution in [1.29, 1.82) is 0 Å². The van der Waals surface area contributed by atoms with E-state index < -0.39 is 10.2 Å². The molecule has 1 aromatic rings. The van der Waals surface area contributed by atoms with Gasteiger partial charge in [-0.1, -0.05) is 0 Å². The number of thiazole rings is 1. The van der Waals surface area contributed by atoms with Crippen LogP contribution in [0.25, 0.3) is 0 Å². The van der Waals surface area contributed by atoms with Gasteiger partial charge in [-0.05, 0) is 31.6 Å². The Morgan fingerprint density at radius 3 is 2.77 bits per heavy atom. The maximum Gasteiger partial charge on any atom is 0.282 e. The van der Waals surface area contributed by atoms with Crippen molar-refractivity contribution >= 4 is 26.7 Å². The van der Waals surface area contributed by atoms with Gasteiger partial charge >= 0.3 is 0 Å². The molecule has 4 rings (SSSR count). The van der Waals surface area contributed by atoms with Crippen molar-refractivity contribution in [2.24, 2.45) is 5.92 Å². The van der Waals surface area contributed by atoms with E-state index in [1.165, 1.54) is 6.42 Å². The Hall–Kier alpha value is -0.700. The van der Waals surface area contributed by atoms with Gasteiger partial charge in [0.25, 0.3) is 10.2 Å². The first-order valence-electron chi connectivity index (χ1n) is 8.06. The fourth-order valence-electron chi connectivity index (χ4n) is 4.00. The average Bonchev–Trinajstić information content (AvgIpc) is 3.22. The molecular formula is C14H22N4O2S2. The molecule has 2 aliphatic heterocycles. The van der Waals surface area contributed by atoms with Crippen LogP contribution in [0, 0.1) is 5.92 Å². The van der Waals surface area contributed by atoms with Crippen LogP contribution in [0.2, 0.25) is 0 Å². The number of piperidine rings is 1. The molecule has 1 aliphatic carbocycles. The quantitative estimate of drug-likeness (QED) is 0.833. The molecule has 8 heteroatoms. The molecule has 2 saturated heterocycles. The maximum atomic E-state index is 12.9. The van der Waals surface area contributed by atoms with E-state index >= 15 is 0 Å². The smallest absolute Gasteiger partial charge is 0.282 e. The second-order valence-corrected chi connectivity index (χ2v) is 9.22.